The number of ether oxygens (including phenoxy) is 2. The van der Waals surface area contributed by atoms with Gasteiger partial charge in [0, 0.05) is 0 Å². The second-order valence-corrected chi connectivity index (χ2v) is 5.35. The summed E-state index contributed by atoms with van der Waals surface area (Å²) in [6.45, 7) is 5.47. The van der Waals surface area contributed by atoms with Gasteiger partial charge in [0.2, 0.25) is 0 Å². The third-order valence-electron chi connectivity index (χ3n) is 2.89. The number of hydrogen-bond acceptors (Lipinski definition) is 3. The number of rotatable bonds is 6. The van der Waals surface area contributed by atoms with Crippen molar-refractivity contribution in [1.29, 1.82) is 0 Å². The molecule has 3 nitrogen and oxygen atoms in total. The van der Waals surface area contributed by atoms with Gasteiger partial charge in [-0.3, -0.25) is 4.79 Å². The summed E-state index contributed by atoms with van der Waals surface area (Å²) in [5, 5.41) is 0. The molecule has 118 valence electrons. The highest BCUT2D eigenvalue weighted by molar-refractivity contribution is 5.36. The molecular weight excluding hydrogens is 276 g/mol. The number of benzene rings is 2. The van der Waals surface area contributed by atoms with Crippen LogP contribution in [0.25, 0.3) is 0 Å². The van der Waals surface area contributed by atoms with Gasteiger partial charge in [0.15, 0.2) is 0 Å². The zero-order chi connectivity index (χ0) is 16.2. The molecule has 0 aliphatic heterocycles. The Labute approximate surface area is 132 Å². The second-order valence-electron chi connectivity index (χ2n) is 5.35. The Bertz CT molecular complexity index is 535. The van der Waals surface area contributed by atoms with E-state index in [1.165, 1.54) is 18.2 Å². The van der Waals surface area contributed by atoms with Gasteiger partial charge in [-0.1, -0.05) is 56.3 Å². The summed E-state index contributed by atoms with van der Waals surface area (Å²) in [6.07, 6.45) is 1.10. The van der Waals surface area contributed by atoms with Gasteiger partial charge in [-0.25, -0.2) is 0 Å². The lowest BCUT2D eigenvalue weighted by Gasteiger charge is -2.09. The molecule has 0 aromatic heterocycles. The van der Waals surface area contributed by atoms with E-state index in [2.05, 4.69) is 48.9 Å². The first-order valence-electron chi connectivity index (χ1n) is 7.37. The molecule has 0 spiro atoms. The third-order valence-corrected chi connectivity index (χ3v) is 2.89. The Morgan fingerprint density at radius 1 is 1.00 bits per heavy atom. The minimum absolute atomic E-state index is 0.375. The highest BCUT2D eigenvalue weighted by atomic mass is 16.5. The zero-order valence-electron chi connectivity index (χ0n) is 13.5. The normalized spacial score (nSPS) is 9.64. The Kier molecular flexibility index (Phi) is 8.43. The first-order valence-corrected chi connectivity index (χ1v) is 7.37. The van der Waals surface area contributed by atoms with Gasteiger partial charge in [-0.15, -0.1) is 0 Å². The first kappa shape index (κ1) is 17.8. The van der Waals surface area contributed by atoms with E-state index in [0.717, 1.165) is 12.2 Å². The fourth-order valence-corrected chi connectivity index (χ4v) is 1.97. The highest BCUT2D eigenvalue weighted by Gasteiger charge is 2.00. The lowest BCUT2D eigenvalue weighted by atomic mass is 10.0. The summed E-state index contributed by atoms with van der Waals surface area (Å²) in [5.74, 6) is 1.63. The maximum absolute atomic E-state index is 8.95. The molecule has 2 aromatic carbocycles. The molecule has 0 saturated carbocycles. The van der Waals surface area contributed by atoms with Gasteiger partial charge in [-0.2, -0.15) is 0 Å². The van der Waals surface area contributed by atoms with Crippen molar-refractivity contribution in [2.24, 2.45) is 5.92 Å². The maximum atomic E-state index is 8.95. The smallest absolute Gasteiger partial charge is 0.292 e. The van der Waals surface area contributed by atoms with Crippen molar-refractivity contribution in [2.75, 3.05) is 7.11 Å². The number of carbonyl (C=O) groups is 1. The topological polar surface area (TPSA) is 35.5 Å². The molecule has 0 bridgehead atoms. The molecule has 0 aliphatic rings. The molecule has 0 aliphatic carbocycles. The van der Waals surface area contributed by atoms with Crippen LogP contribution in [0.2, 0.25) is 0 Å². The van der Waals surface area contributed by atoms with E-state index in [1.807, 2.05) is 24.3 Å². The largest absolute Gasteiger partial charge is 0.489 e. The van der Waals surface area contributed by atoms with Crippen LogP contribution in [-0.2, 0) is 22.6 Å². The van der Waals surface area contributed by atoms with E-state index in [4.69, 9.17) is 9.53 Å². The van der Waals surface area contributed by atoms with Crippen LogP contribution in [0.15, 0.2) is 54.6 Å². The zero-order valence-corrected chi connectivity index (χ0v) is 13.5. The number of carbonyl (C=O) groups excluding carboxylic acids is 1. The van der Waals surface area contributed by atoms with E-state index in [9.17, 15) is 0 Å². The summed E-state index contributed by atoms with van der Waals surface area (Å²) >= 11 is 0. The van der Waals surface area contributed by atoms with E-state index in [1.54, 1.807) is 0 Å². The SMILES string of the molecule is CC(C)Cc1cccc(OCc2ccccc2)c1.COC=O. The van der Waals surface area contributed by atoms with Gasteiger partial charge in [0.1, 0.15) is 12.4 Å². The van der Waals surface area contributed by atoms with Gasteiger partial charge >= 0.3 is 0 Å². The average molecular weight is 300 g/mol. The van der Waals surface area contributed by atoms with Gasteiger partial charge in [0.25, 0.3) is 6.47 Å². The van der Waals surface area contributed by atoms with Crippen LogP contribution < -0.4 is 4.74 Å². The van der Waals surface area contributed by atoms with Crippen molar-refractivity contribution in [2.45, 2.75) is 26.9 Å². The van der Waals surface area contributed by atoms with Crippen LogP contribution in [0.5, 0.6) is 5.75 Å². The maximum Gasteiger partial charge on any atom is 0.292 e. The standard InChI is InChI=1S/C17H20O.C2H4O2/c1-14(2)11-16-9-6-10-17(12-16)18-13-15-7-4-3-5-8-15;1-4-2-3/h3-10,12,14H,11,13H2,1-2H3;2H,1H3. The fourth-order valence-electron chi connectivity index (χ4n) is 1.97. The molecule has 3 heteroatoms. The molecule has 2 aromatic rings. The van der Waals surface area contributed by atoms with Crippen molar-refractivity contribution in [3.63, 3.8) is 0 Å². The lowest BCUT2D eigenvalue weighted by molar-refractivity contribution is -0.126. The van der Waals surface area contributed by atoms with Crippen LogP contribution >= 0.6 is 0 Å². The van der Waals surface area contributed by atoms with Crippen molar-refractivity contribution in [1.82, 2.24) is 0 Å². The van der Waals surface area contributed by atoms with Crippen LogP contribution in [0.3, 0.4) is 0 Å². The molecule has 2 rings (SSSR count). The van der Waals surface area contributed by atoms with Crippen LogP contribution in [0, 0.1) is 5.92 Å². The van der Waals surface area contributed by atoms with Crippen LogP contribution in [0.4, 0.5) is 0 Å². The summed E-state index contributed by atoms with van der Waals surface area (Å²) in [7, 11) is 1.31. The average Bonchev–Trinajstić information content (AvgIpc) is 2.54. The molecule has 0 saturated heterocycles. The van der Waals surface area contributed by atoms with Gasteiger partial charge < -0.3 is 9.47 Å². The molecule has 0 atom stereocenters. The molecular formula is C19H24O3. The monoisotopic (exact) mass is 300 g/mol. The predicted molar refractivity (Wildman–Crippen MR) is 88.8 cm³/mol. The summed E-state index contributed by atoms with van der Waals surface area (Å²) in [5.41, 5.74) is 2.54. The molecule has 0 fully saturated rings. The Hall–Kier alpha value is -2.29. The number of methoxy groups -OCH3 is 1. The highest BCUT2D eigenvalue weighted by Crippen LogP contribution is 2.17. The van der Waals surface area contributed by atoms with Gasteiger partial charge in [0.05, 0.1) is 7.11 Å². The van der Waals surface area contributed by atoms with Crippen molar-refractivity contribution < 1.29 is 14.3 Å². The van der Waals surface area contributed by atoms with E-state index in [0.29, 0.717) is 19.0 Å². The minimum Gasteiger partial charge on any atom is -0.489 e. The van der Waals surface area contributed by atoms with Crippen molar-refractivity contribution in [3.8, 4) is 5.75 Å². The van der Waals surface area contributed by atoms with E-state index < -0.39 is 0 Å². The lowest BCUT2D eigenvalue weighted by Crippen LogP contribution is -1.97. The van der Waals surface area contributed by atoms with Crippen molar-refractivity contribution in [3.05, 3.63) is 65.7 Å². The molecule has 0 N–H and O–H groups in total. The fraction of sp³-hybridized carbons (Fsp3) is 0.316. The molecule has 0 heterocycles. The summed E-state index contributed by atoms with van der Waals surface area (Å²) in [6, 6.07) is 18.6. The molecule has 0 unspecified atom stereocenters. The minimum atomic E-state index is 0.375. The Morgan fingerprint density at radius 2 is 1.64 bits per heavy atom. The van der Waals surface area contributed by atoms with Crippen LogP contribution in [0.1, 0.15) is 25.0 Å². The quantitative estimate of drug-likeness (QED) is 0.748. The third kappa shape index (κ3) is 7.48. The van der Waals surface area contributed by atoms with E-state index >= 15 is 0 Å². The summed E-state index contributed by atoms with van der Waals surface area (Å²) < 4.78 is 9.68. The molecule has 0 amide bonds. The van der Waals surface area contributed by atoms with Gasteiger partial charge in [-0.05, 0) is 35.6 Å². The Morgan fingerprint density at radius 3 is 2.23 bits per heavy atom. The number of hydrogen-bond donors (Lipinski definition) is 0. The molecule has 22 heavy (non-hydrogen) atoms. The summed E-state index contributed by atoms with van der Waals surface area (Å²) in [4.78, 5) is 8.95. The van der Waals surface area contributed by atoms with Crippen molar-refractivity contribution >= 4 is 6.47 Å². The Balaban J connectivity index is 0.000000541. The molecule has 0 radical (unpaired) electrons. The van der Waals surface area contributed by atoms with E-state index in [-0.39, 0.29) is 0 Å². The first-order chi connectivity index (χ1) is 10.7. The second kappa shape index (κ2) is 10.4. The van der Waals surface area contributed by atoms with Crippen LogP contribution in [-0.4, -0.2) is 13.6 Å². The predicted octanol–water partition coefficient (Wildman–Crippen LogP) is 4.25.